The van der Waals surface area contributed by atoms with E-state index in [-0.39, 0.29) is 23.3 Å². The fourth-order valence-electron chi connectivity index (χ4n) is 1.79. The zero-order valence-corrected chi connectivity index (χ0v) is 9.76. The Bertz CT molecular complexity index is 455. The van der Waals surface area contributed by atoms with E-state index in [0.29, 0.717) is 6.54 Å². The standard InChI is InChI=1S/C12H14N2O4/c15-11(14-7-9-2-1-5-18-9)10-6-8(12(16)17)3-4-13-10/h3-4,6,9H,1-2,5,7H2,(H,14,15)(H,16,17). The Morgan fingerprint density at radius 1 is 1.56 bits per heavy atom. The van der Waals surface area contributed by atoms with Gasteiger partial charge in [0, 0.05) is 19.3 Å². The van der Waals surface area contributed by atoms with E-state index >= 15 is 0 Å². The fraction of sp³-hybridized carbons (Fsp3) is 0.417. The number of pyridine rings is 1. The number of amides is 1. The third-order valence-electron chi connectivity index (χ3n) is 2.75. The first-order valence-electron chi connectivity index (χ1n) is 5.76. The monoisotopic (exact) mass is 250 g/mol. The number of nitrogens with zero attached hydrogens (tertiary/aromatic N) is 1. The number of carbonyl (C=O) groups excluding carboxylic acids is 1. The molecule has 1 atom stereocenters. The Kier molecular flexibility index (Phi) is 3.88. The second kappa shape index (κ2) is 5.59. The SMILES string of the molecule is O=C(O)c1ccnc(C(=O)NCC2CCCO2)c1. The summed E-state index contributed by atoms with van der Waals surface area (Å²) in [4.78, 5) is 26.4. The first kappa shape index (κ1) is 12.5. The number of hydrogen-bond donors (Lipinski definition) is 2. The molecule has 1 aromatic heterocycles. The van der Waals surface area contributed by atoms with Crippen LogP contribution in [0.4, 0.5) is 0 Å². The first-order chi connectivity index (χ1) is 8.66. The van der Waals surface area contributed by atoms with Gasteiger partial charge in [-0.05, 0) is 25.0 Å². The number of carboxylic acids is 1. The van der Waals surface area contributed by atoms with Crippen molar-refractivity contribution in [1.82, 2.24) is 10.3 Å². The molecular formula is C12H14N2O4. The lowest BCUT2D eigenvalue weighted by Crippen LogP contribution is -2.32. The van der Waals surface area contributed by atoms with Gasteiger partial charge in [-0.15, -0.1) is 0 Å². The number of rotatable bonds is 4. The Morgan fingerprint density at radius 2 is 2.39 bits per heavy atom. The molecular weight excluding hydrogens is 236 g/mol. The summed E-state index contributed by atoms with van der Waals surface area (Å²) in [5, 5.41) is 11.5. The summed E-state index contributed by atoms with van der Waals surface area (Å²) in [7, 11) is 0. The van der Waals surface area contributed by atoms with Crippen molar-refractivity contribution in [2.45, 2.75) is 18.9 Å². The molecule has 6 heteroatoms. The lowest BCUT2D eigenvalue weighted by atomic mass is 10.2. The Labute approximate surface area is 104 Å². The van der Waals surface area contributed by atoms with Gasteiger partial charge in [0.05, 0.1) is 11.7 Å². The van der Waals surface area contributed by atoms with Crippen LogP contribution in [0.2, 0.25) is 0 Å². The molecule has 0 saturated carbocycles. The topological polar surface area (TPSA) is 88.5 Å². The summed E-state index contributed by atoms with van der Waals surface area (Å²) >= 11 is 0. The van der Waals surface area contributed by atoms with Crippen LogP contribution in [0.15, 0.2) is 18.3 Å². The number of carboxylic acid groups (broad SMARTS) is 1. The van der Waals surface area contributed by atoms with Crippen LogP contribution < -0.4 is 5.32 Å². The van der Waals surface area contributed by atoms with Gasteiger partial charge in [0.1, 0.15) is 5.69 Å². The van der Waals surface area contributed by atoms with Crippen molar-refractivity contribution in [2.24, 2.45) is 0 Å². The molecule has 1 saturated heterocycles. The van der Waals surface area contributed by atoms with Gasteiger partial charge in [-0.1, -0.05) is 0 Å². The number of aromatic nitrogens is 1. The van der Waals surface area contributed by atoms with Gasteiger partial charge >= 0.3 is 5.97 Å². The van der Waals surface area contributed by atoms with E-state index < -0.39 is 5.97 Å². The Morgan fingerprint density at radius 3 is 3.06 bits per heavy atom. The molecule has 0 radical (unpaired) electrons. The van der Waals surface area contributed by atoms with E-state index in [1.54, 1.807) is 0 Å². The summed E-state index contributed by atoms with van der Waals surface area (Å²) in [6.07, 6.45) is 3.30. The van der Waals surface area contributed by atoms with E-state index in [1.807, 2.05) is 0 Å². The van der Waals surface area contributed by atoms with Crippen molar-refractivity contribution in [2.75, 3.05) is 13.2 Å². The third kappa shape index (κ3) is 3.04. The van der Waals surface area contributed by atoms with E-state index in [9.17, 15) is 9.59 Å². The molecule has 2 heterocycles. The number of aromatic carboxylic acids is 1. The van der Waals surface area contributed by atoms with Gasteiger partial charge in [-0.25, -0.2) is 4.79 Å². The third-order valence-corrected chi connectivity index (χ3v) is 2.75. The maximum Gasteiger partial charge on any atom is 0.335 e. The molecule has 1 aromatic rings. The predicted molar refractivity (Wildman–Crippen MR) is 62.5 cm³/mol. The van der Waals surface area contributed by atoms with E-state index in [4.69, 9.17) is 9.84 Å². The van der Waals surface area contributed by atoms with Gasteiger partial charge in [0.25, 0.3) is 5.91 Å². The zero-order chi connectivity index (χ0) is 13.0. The van der Waals surface area contributed by atoms with Crippen LogP contribution in [-0.4, -0.2) is 41.2 Å². The molecule has 0 aromatic carbocycles. The van der Waals surface area contributed by atoms with Crippen molar-refractivity contribution < 1.29 is 19.4 Å². The molecule has 1 aliphatic rings. The van der Waals surface area contributed by atoms with Gasteiger partial charge in [0.2, 0.25) is 0 Å². The zero-order valence-electron chi connectivity index (χ0n) is 9.76. The largest absolute Gasteiger partial charge is 0.478 e. The van der Waals surface area contributed by atoms with Gasteiger partial charge < -0.3 is 15.2 Å². The van der Waals surface area contributed by atoms with Crippen LogP contribution in [0.1, 0.15) is 33.7 Å². The maximum absolute atomic E-state index is 11.8. The van der Waals surface area contributed by atoms with E-state index in [2.05, 4.69) is 10.3 Å². The molecule has 1 aliphatic heterocycles. The summed E-state index contributed by atoms with van der Waals surface area (Å²) in [6.45, 7) is 1.16. The highest BCUT2D eigenvalue weighted by Gasteiger charge is 2.17. The van der Waals surface area contributed by atoms with Crippen LogP contribution in [-0.2, 0) is 4.74 Å². The summed E-state index contributed by atoms with van der Waals surface area (Å²) in [6, 6.07) is 2.60. The van der Waals surface area contributed by atoms with Crippen LogP contribution in [0.25, 0.3) is 0 Å². The van der Waals surface area contributed by atoms with Crippen molar-refractivity contribution >= 4 is 11.9 Å². The highest BCUT2D eigenvalue weighted by Crippen LogP contribution is 2.10. The van der Waals surface area contributed by atoms with E-state index in [0.717, 1.165) is 19.4 Å². The molecule has 6 nitrogen and oxygen atoms in total. The highest BCUT2D eigenvalue weighted by atomic mass is 16.5. The van der Waals surface area contributed by atoms with Crippen molar-refractivity contribution in [3.8, 4) is 0 Å². The average Bonchev–Trinajstić information content (AvgIpc) is 2.89. The molecule has 1 fully saturated rings. The van der Waals surface area contributed by atoms with Crippen molar-refractivity contribution in [3.63, 3.8) is 0 Å². The minimum Gasteiger partial charge on any atom is -0.478 e. The second-order valence-electron chi connectivity index (χ2n) is 4.08. The Balaban J connectivity index is 1.95. The lowest BCUT2D eigenvalue weighted by Gasteiger charge is -2.10. The molecule has 0 aliphatic carbocycles. The Hall–Kier alpha value is -1.95. The number of carbonyl (C=O) groups is 2. The first-order valence-corrected chi connectivity index (χ1v) is 5.76. The fourth-order valence-corrected chi connectivity index (χ4v) is 1.79. The van der Waals surface area contributed by atoms with Crippen LogP contribution >= 0.6 is 0 Å². The predicted octanol–water partition coefficient (Wildman–Crippen LogP) is 0.689. The molecule has 1 amide bonds. The number of hydrogen-bond acceptors (Lipinski definition) is 4. The maximum atomic E-state index is 11.8. The second-order valence-corrected chi connectivity index (χ2v) is 4.08. The van der Waals surface area contributed by atoms with E-state index in [1.165, 1.54) is 18.3 Å². The number of ether oxygens (including phenoxy) is 1. The summed E-state index contributed by atoms with van der Waals surface area (Å²) < 4.78 is 5.37. The summed E-state index contributed by atoms with van der Waals surface area (Å²) in [5.41, 5.74) is 0.153. The number of nitrogens with one attached hydrogen (secondary N) is 1. The molecule has 0 bridgehead atoms. The summed E-state index contributed by atoms with van der Waals surface area (Å²) in [5.74, 6) is -1.46. The lowest BCUT2D eigenvalue weighted by molar-refractivity contribution is 0.0696. The van der Waals surface area contributed by atoms with Crippen LogP contribution in [0.5, 0.6) is 0 Å². The van der Waals surface area contributed by atoms with Gasteiger partial charge in [-0.3, -0.25) is 9.78 Å². The average molecular weight is 250 g/mol. The highest BCUT2D eigenvalue weighted by molar-refractivity contribution is 5.95. The molecule has 1 unspecified atom stereocenters. The van der Waals surface area contributed by atoms with Gasteiger partial charge in [0.15, 0.2) is 0 Å². The molecule has 2 rings (SSSR count). The quantitative estimate of drug-likeness (QED) is 0.820. The molecule has 18 heavy (non-hydrogen) atoms. The smallest absolute Gasteiger partial charge is 0.335 e. The normalized spacial score (nSPS) is 18.6. The van der Waals surface area contributed by atoms with Crippen molar-refractivity contribution in [1.29, 1.82) is 0 Å². The van der Waals surface area contributed by atoms with Gasteiger partial charge in [-0.2, -0.15) is 0 Å². The van der Waals surface area contributed by atoms with Crippen LogP contribution in [0, 0.1) is 0 Å². The minimum atomic E-state index is -1.08. The van der Waals surface area contributed by atoms with Crippen molar-refractivity contribution in [3.05, 3.63) is 29.6 Å². The van der Waals surface area contributed by atoms with Crippen LogP contribution in [0.3, 0.4) is 0 Å². The minimum absolute atomic E-state index is 0.0484. The molecule has 0 spiro atoms. The molecule has 2 N–H and O–H groups in total. The molecule has 96 valence electrons.